The molecule has 17 heavy (non-hydrogen) atoms. The van der Waals surface area contributed by atoms with Gasteiger partial charge in [-0.25, -0.2) is 0 Å². The van der Waals surface area contributed by atoms with Crippen LogP contribution in [0.3, 0.4) is 0 Å². The third kappa shape index (κ3) is 1.83. The van der Waals surface area contributed by atoms with Gasteiger partial charge in [0.05, 0.1) is 12.8 Å². The lowest BCUT2D eigenvalue weighted by Gasteiger charge is -2.18. The topological polar surface area (TPSA) is 42.4 Å². The molecule has 88 valence electrons. The SMILES string of the molecule is NCc1ccoc1CN1CCc2ccccc21. The summed E-state index contributed by atoms with van der Waals surface area (Å²) in [5.41, 5.74) is 9.54. The molecule has 0 fully saturated rings. The molecule has 2 aromatic rings. The maximum Gasteiger partial charge on any atom is 0.127 e. The Bertz CT molecular complexity index is 518. The van der Waals surface area contributed by atoms with Crippen LogP contribution in [-0.4, -0.2) is 6.54 Å². The predicted molar refractivity (Wildman–Crippen MR) is 67.8 cm³/mol. The number of nitrogens with two attached hydrogens (primary N) is 1. The van der Waals surface area contributed by atoms with Crippen LogP contribution in [0, 0.1) is 0 Å². The quantitative estimate of drug-likeness (QED) is 0.876. The van der Waals surface area contributed by atoms with Crippen molar-refractivity contribution in [3.8, 4) is 0 Å². The number of anilines is 1. The normalized spacial score (nSPS) is 14.1. The number of nitrogens with zero attached hydrogens (tertiary/aromatic N) is 1. The van der Waals surface area contributed by atoms with Crippen LogP contribution in [0.4, 0.5) is 5.69 Å². The van der Waals surface area contributed by atoms with Crippen molar-refractivity contribution >= 4 is 5.69 Å². The second-order valence-electron chi connectivity index (χ2n) is 4.37. The van der Waals surface area contributed by atoms with Crippen molar-refractivity contribution in [2.75, 3.05) is 11.4 Å². The highest BCUT2D eigenvalue weighted by Crippen LogP contribution is 2.29. The number of fused-ring (bicyclic) bond motifs is 1. The van der Waals surface area contributed by atoms with Crippen LogP contribution >= 0.6 is 0 Å². The molecule has 2 N–H and O–H groups in total. The van der Waals surface area contributed by atoms with Gasteiger partial charge in [-0.1, -0.05) is 18.2 Å². The molecule has 1 aromatic carbocycles. The van der Waals surface area contributed by atoms with E-state index < -0.39 is 0 Å². The predicted octanol–water partition coefficient (Wildman–Crippen LogP) is 2.30. The largest absolute Gasteiger partial charge is 0.467 e. The second-order valence-corrected chi connectivity index (χ2v) is 4.37. The smallest absolute Gasteiger partial charge is 0.127 e. The van der Waals surface area contributed by atoms with Gasteiger partial charge in [0.1, 0.15) is 5.76 Å². The zero-order valence-electron chi connectivity index (χ0n) is 9.73. The van der Waals surface area contributed by atoms with E-state index in [2.05, 4.69) is 29.2 Å². The van der Waals surface area contributed by atoms with E-state index in [0.29, 0.717) is 6.54 Å². The molecule has 0 amide bonds. The van der Waals surface area contributed by atoms with Crippen molar-refractivity contribution < 1.29 is 4.42 Å². The molecule has 3 nitrogen and oxygen atoms in total. The summed E-state index contributed by atoms with van der Waals surface area (Å²) in [4.78, 5) is 2.35. The second kappa shape index (κ2) is 4.26. The van der Waals surface area contributed by atoms with Gasteiger partial charge in [-0.05, 0) is 24.1 Å². The Morgan fingerprint density at radius 1 is 1.24 bits per heavy atom. The highest BCUT2D eigenvalue weighted by atomic mass is 16.3. The number of furan rings is 1. The standard InChI is InChI=1S/C14H16N2O/c15-9-12-6-8-17-14(12)10-16-7-5-11-3-1-2-4-13(11)16/h1-4,6,8H,5,7,9-10,15H2. The zero-order chi connectivity index (χ0) is 11.7. The fraction of sp³-hybridized carbons (Fsp3) is 0.286. The first-order chi connectivity index (χ1) is 8.38. The third-order valence-corrected chi connectivity index (χ3v) is 3.38. The maximum absolute atomic E-state index is 5.69. The van der Waals surface area contributed by atoms with E-state index in [9.17, 15) is 0 Å². The lowest BCUT2D eigenvalue weighted by molar-refractivity contribution is 0.500. The fourth-order valence-electron chi connectivity index (χ4n) is 2.43. The van der Waals surface area contributed by atoms with Crippen molar-refractivity contribution in [2.24, 2.45) is 5.73 Å². The van der Waals surface area contributed by atoms with Gasteiger partial charge in [0.15, 0.2) is 0 Å². The summed E-state index contributed by atoms with van der Waals surface area (Å²) in [6, 6.07) is 10.5. The van der Waals surface area contributed by atoms with E-state index in [1.54, 1.807) is 6.26 Å². The lowest BCUT2D eigenvalue weighted by Crippen LogP contribution is -2.20. The van der Waals surface area contributed by atoms with Crippen molar-refractivity contribution in [1.82, 2.24) is 0 Å². The summed E-state index contributed by atoms with van der Waals surface area (Å²) in [6.07, 6.45) is 2.84. The van der Waals surface area contributed by atoms with Crippen LogP contribution in [0.5, 0.6) is 0 Å². The van der Waals surface area contributed by atoms with Gasteiger partial charge >= 0.3 is 0 Å². The van der Waals surface area contributed by atoms with Gasteiger partial charge in [-0.3, -0.25) is 0 Å². The van der Waals surface area contributed by atoms with Crippen LogP contribution in [0.25, 0.3) is 0 Å². The number of rotatable bonds is 3. The average molecular weight is 228 g/mol. The van der Waals surface area contributed by atoms with Crippen LogP contribution in [0.15, 0.2) is 41.0 Å². The first-order valence-corrected chi connectivity index (χ1v) is 5.96. The van der Waals surface area contributed by atoms with E-state index in [1.165, 1.54) is 11.3 Å². The molecule has 1 aliphatic rings. The fourth-order valence-corrected chi connectivity index (χ4v) is 2.43. The lowest BCUT2D eigenvalue weighted by atomic mass is 10.2. The highest BCUT2D eigenvalue weighted by Gasteiger charge is 2.20. The molecule has 0 radical (unpaired) electrons. The van der Waals surface area contributed by atoms with Crippen molar-refractivity contribution in [1.29, 1.82) is 0 Å². The summed E-state index contributed by atoms with van der Waals surface area (Å²) in [5.74, 6) is 0.990. The minimum atomic E-state index is 0.543. The van der Waals surface area contributed by atoms with E-state index in [-0.39, 0.29) is 0 Å². The summed E-state index contributed by atoms with van der Waals surface area (Å²) < 4.78 is 5.51. The Labute approximate surface area is 101 Å². The molecule has 0 spiro atoms. The van der Waals surface area contributed by atoms with Crippen LogP contribution in [-0.2, 0) is 19.5 Å². The van der Waals surface area contributed by atoms with Gasteiger partial charge < -0.3 is 15.1 Å². The molecule has 3 heteroatoms. The molecule has 2 heterocycles. The molecular formula is C14H16N2O. The molecule has 0 saturated heterocycles. The molecule has 3 rings (SSSR count). The molecule has 0 unspecified atom stereocenters. The summed E-state index contributed by atoms with van der Waals surface area (Å²) >= 11 is 0. The molecule has 0 aliphatic carbocycles. The van der Waals surface area contributed by atoms with Gasteiger partial charge in [0, 0.05) is 24.3 Å². The van der Waals surface area contributed by atoms with Crippen LogP contribution in [0.2, 0.25) is 0 Å². The van der Waals surface area contributed by atoms with E-state index in [1.807, 2.05) is 6.07 Å². The third-order valence-electron chi connectivity index (χ3n) is 3.38. The number of hydrogen-bond donors (Lipinski definition) is 1. The number of hydrogen-bond acceptors (Lipinski definition) is 3. The Hall–Kier alpha value is -1.74. The van der Waals surface area contributed by atoms with Gasteiger partial charge in [-0.15, -0.1) is 0 Å². The van der Waals surface area contributed by atoms with Gasteiger partial charge in [-0.2, -0.15) is 0 Å². The minimum Gasteiger partial charge on any atom is -0.467 e. The number of benzene rings is 1. The first kappa shape index (κ1) is 10.4. The molecular weight excluding hydrogens is 212 g/mol. The molecule has 1 aliphatic heterocycles. The summed E-state index contributed by atoms with van der Waals surface area (Å²) in [6.45, 7) is 2.42. The maximum atomic E-state index is 5.69. The Morgan fingerprint density at radius 3 is 3.00 bits per heavy atom. The average Bonchev–Trinajstić information content (AvgIpc) is 2.97. The molecule has 0 bridgehead atoms. The molecule has 1 aromatic heterocycles. The summed E-state index contributed by atoms with van der Waals surface area (Å²) in [5, 5.41) is 0. The highest BCUT2D eigenvalue weighted by molar-refractivity contribution is 5.57. The Morgan fingerprint density at radius 2 is 2.12 bits per heavy atom. The first-order valence-electron chi connectivity index (χ1n) is 5.96. The Kier molecular flexibility index (Phi) is 2.61. The van der Waals surface area contributed by atoms with E-state index >= 15 is 0 Å². The van der Waals surface area contributed by atoms with Crippen LogP contribution < -0.4 is 10.6 Å². The van der Waals surface area contributed by atoms with Crippen molar-refractivity contribution in [3.05, 3.63) is 53.5 Å². The van der Waals surface area contributed by atoms with E-state index in [4.69, 9.17) is 10.2 Å². The molecule has 0 atom stereocenters. The van der Waals surface area contributed by atoms with Crippen molar-refractivity contribution in [3.63, 3.8) is 0 Å². The van der Waals surface area contributed by atoms with Gasteiger partial charge in [0.25, 0.3) is 0 Å². The Balaban J connectivity index is 1.84. The van der Waals surface area contributed by atoms with E-state index in [0.717, 1.165) is 30.8 Å². The van der Waals surface area contributed by atoms with Crippen LogP contribution in [0.1, 0.15) is 16.9 Å². The minimum absolute atomic E-state index is 0.543. The summed E-state index contributed by atoms with van der Waals surface area (Å²) in [7, 11) is 0. The van der Waals surface area contributed by atoms with Crippen molar-refractivity contribution in [2.45, 2.75) is 19.5 Å². The monoisotopic (exact) mass is 228 g/mol. The zero-order valence-corrected chi connectivity index (χ0v) is 9.73. The van der Waals surface area contributed by atoms with Gasteiger partial charge in [0.2, 0.25) is 0 Å². The molecule has 0 saturated carbocycles. The number of para-hydroxylation sites is 1.